The van der Waals surface area contributed by atoms with Crippen LogP contribution in [0.5, 0.6) is 0 Å². The summed E-state index contributed by atoms with van der Waals surface area (Å²) >= 11 is 5.85. The highest BCUT2D eigenvalue weighted by molar-refractivity contribution is 6.18. The van der Waals surface area contributed by atoms with Crippen molar-refractivity contribution in [1.82, 2.24) is 47.9 Å². The van der Waals surface area contributed by atoms with E-state index < -0.39 is 181 Å². The van der Waals surface area contributed by atoms with Crippen LogP contribution in [0.4, 0.5) is 0 Å². The molecule has 0 bridgehead atoms. The molecule has 12 atom stereocenters. The second-order valence-corrected chi connectivity index (χ2v) is 20.2. The van der Waals surface area contributed by atoms with E-state index in [0.29, 0.717) is 12.8 Å². The van der Waals surface area contributed by atoms with E-state index in [4.69, 9.17) is 33.5 Å². The van der Waals surface area contributed by atoms with E-state index in [9.17, 15) is 88.2 Å². The van der Waals surface area contributed by atoms with Crippen LogP contribution in [0.2, 0.25) is 0 Å². The molecule has 9 amide bonds. The van der Waals surface area contributed by atoms with Gasteiger partial charge in [0.25, 0.3) is 5.91 Å². The van der Waals surface area contributed by atoms with Crippen LogP contribution < -0.4 is 65.1 Å². The van der Waals surface area contributed by atoms with Crippen molar-refractivity contribution in [3.05, 3.63) is 11.8 Å². The Kier molecular flexibility index (Phi) is 36.4. The van der Waals surface area contributed by atoms with Gasteiger partial charge in [-0.2, -0.15) is 0 Å². The molecule has 0 aromatic rings. The molecule has 1 fully saturated rings. The van der Waals surface area contributed by atoms with Gasteiger partial charge in [0.2, 0.25) is 47.3 Å². The van der Waals surface area contributed by atoms with Crippen molar-refractivity contribution in [1.29, 1.82) is 0 Å². The molecule has 0 radical (unpaired) electrons. The van der Waals surface area contributed by atoms with Crippen molar-refractivity contribution >= 4 is 82.7 Å². The Hall–Kier alpha value is -6.61. The van der Waals surface area contributed by atoms with Crippen molar-refractivity contribution in [2.24, 2.45) is 17.2 Å². The Labute approximate surface area is 485 Å². The number of aliphatic hydroxyl groups excluding tert-OH is 4. The maximum Gasteiger partial charge on any atom is 0.335 e. The number of ether oxygens (including phenoxy) is 1. The number of hydrogen-bond acceptors (Lipinski definition) is 20. The molecular weight excluding hydrogens is 1120 g/mol. The molecule has 12 unspecified atom stereocenters. The van der Waals surface area contributed by atoms with Gasteiger partial charge in [-0.25, -0.2) is 9.59 Å². The average molecular weight is 1210 g/mol. The fourth-order valence-electron chi connectivity index (χ4n) is 8.23. The lowest BCUT2D eigenvalue weighted by Crippen LogP contribution is -2.62. The van der Waals surface area contributed by atoms with E-state index >= 15 is 0 Å². The first kappa shape index (κ1) is 74.4. The predicted molar refractivity (Wildman–Crippen MR) is 295 cm³/mol. The monoisotopic (exact) mass is 1210 g/mol. The molecule has 0 spiro atoms. The summed E-state index contributed by atoms with van der Waals surface area (Å²) in [6, 6.07) is -15.8. The van der Waals surface area contributed by atoms with Crippen LogP contribution in [0.1, 0.15) is 130 Å². The number of rotatable bonds is 28. The molecule has 32 heteroatoms. The van der Waals surface area contributed by atoms with Crippen LogP contribution >= 0.6 is 11.6 Å². The van der Waals surface area contributed by atoms with Crippen LogP contribution in [-0.4, -0.2) is 207 Å². The SMILES string of the molecule is C/C=C1/NC(=O)C(C(C)O)NC(=O)C(CCN)NC(=O)C(CCCCN)NC(=O)C(CC(=O)O)NC(=O)C(CCN)NC(=O)C(NC(=O)CC(O)CCCCCCCCCCC)COC(=O)C(C(O)CCl)NC(=O)C(C(O)C(=O)O)NC1=O. The number of amides is 9. The number of nitrogens with one attached hydrogen (secondary N) is 9. The summed E-state index contributed by atoms with van der Waals surface area (Å²) < 4.78 is 5.27. The number of carbonyl (C=O) groups excluding carboxylic acids is 10. The van der Waals surface area contributed by atoms with Gasteiger partial charge in [0.05, 0.1) is 37.0 Å². The van der Waals surface area contributed by atoms with Crippen molar-refractivity contribution < 1.29 is 92.9 Å². The summed E-state index contributed by atoms with van der Waals surface area (Å²) in [4.78, 5) is 162. The Morgan fingerprint density at radius 1 is 0.627 bits per heavy atom. The molecule has 0 aromatic carbocycles. The van der Waals surface area contributed by atoms with Gasteiger partial charge >= 0.3 is 17.9 Å². The lowest BCUT2D eigenvalue weighted by molar-refractivity contribution is -0.155. The van der Waals surface area contributed by atoms with Gasteiger partial charge in [-0.05, 0) is 72.0 Å². The van der Waals surface area contributed by atoms with E-state index in [-0.39, 0.29) is 45.3 Å². The molecule has 1 rings (SSSR count). The number of allylic oxidation sites excluding steroid dienone is 1. The van der Waals surface area contributed by atoms with Crippen LogP contribution in [0.15, 0.2) is 11.8 Å². The number of esters is 1. The molecule has 0 aliphatic carbocycles. The number of nitrogens with two attached hydrogens (primary N) is 3. The summed E-state index contributed by atoms with van der Waals surface area (Å²) in [6.07, 6.45) is -0.358. The van der Waals surface area contributed by atoms with Gasteiger partial charge in [-0.15, -0.1) is 11.6 Å². The van der Waals surface area contributed by atoms with Gasteiger partial charge in [-0.3, -0.25) is 47.9 Å². The van der Waals surface area contributed by atoms with E-state index in [1.54, 1.807) is 0 Å². The molecule has 31 nitrogen and oxygen atoms in total. The summed E-state index contributed by atoms with van der Waals surface area (Å²) in [7, 11) is 0. The third kappa shape index (κ3) is 28.0. The number of aliphatic carboxylic acids is 2. The van der Waals surface area contributed by atoms with Crippen molar-refractivity contribution in [3.8, 4) is 0 Å². The molecule has 21 N–H and O–H groups in total. The highest BCUT2D eigenvalue weighted by Crippen LogP contribution is 2.14. The molecule has 0 aromatic heterocycles. The average Bonchev–Trinajstić information content (AvgIpc) is 3.52. The van der Waals surface area contributed by atoms with Gasteiger partial charge in [-0.1, -0.05) is 70.8 Å². The first-order valence-electron chi connectivity index (χ1n) is 27.7. The number of carboxylic acid groups (broad SMARTS) is 2. The predicted octanol–water partition coefficient (Wildman–Crippen LogP) is -5.16. The highest BCUT2D eigenvalue weighted by atomic mass is 35.5. The lowest BCUT2D eigenvalue weighted by Gasteiger charge is -2.28. The molecule has 1 aliphatic rings. The number of hydrogen-bond donors (Lipinski definition) is 18. The van der Waals surface area contributed by atoms with Crippen LogP contribution in [0.25, 0.3) is 0 Å². The highest BCUT2D eigenvalue weighted by Gasteiger charge is 2.41. The summed E-state index contributed by atoms with van der Waals surface area (Å²) in [5.41, 5.74) is 16.4. The second kappa shape index (κ2) is 40.6. The number of carboxylic acids is 2. The normalized spacial score (nSPS) is 24.5. The smallest absolute Gasteiger partial charge is 0.335 e. The fraction of sp³-hybridized carbons (Fsp3) is 0.725. The van der Waals surface area contributed by atoms with E-state index in [0.717, 1.165) is 64.4 Å². The molecule has 1 saturated heterocycles. The maximum atomic E-state index is 14.1. The molecular formula is C51H87ClN12O19. The molecule has 1 aliphatic heterocycles. The Balaban J connectivity index is 4.01. The summed E-state index contributed by atoms with van der Waals surface area (Å²) in [5.74, 6) is -17.8. The Bertz CT molecular complexity index is 2190. The van der Waals surface area contributed by atoms with E-state index in [1.807, 2.05) is 10.6 Å². The third-order valence-electron chi connectivity index (χ3n) is 13.0. The van der Waals surface area contributed by atoms with Crippen molar-refractivity contribution in [3.63, 3.8) is 0 Å². The van der Waals surface area contributed by atoms with Crippen LogP contribution in [0.3, 0.4) is 0 Å². The van der Waals surface area contributed by atoms with Gasteiger partial charge < -0.3 is 100 Å². The minimum absolute atomic E-state index is 0.123. The van der Waals surface area contributed by atoms with Crippen LogP contribution in [0, 0.1) is 0 Å². The minimum atomic E-state index is -2.83. The fourth-order valence-corrected chi connectivity index (χ4v) is 8.41. The summed E-state index contributed by atoms with van der Waals surface area (Å²) in [6.45, 7) is 2.61. The van der Waals surface area contributed by atoms with Gasteiger partial charge in [0.15, 0.2) is 12.1 Å². The van der Waals surface area contributed by atoms with Crippen LogP contribution in [-0.2, 0) is 62.3 Å². The topological polar surface area (TPSA) is 522 Å². The number of halogens is 1. The first-order chi connectivity index (χ1) is 39.3. The molecule has 472 valence electrons. The number of unbranched alkanes of at least 4 members (excludes halogenated alkanes) is 9. The molecule has 0 saturated carbocycles. The van der Waals surface area contributed by atoms with Crippen molar-refractivity contribution in [2.75, 3.05) is 32.1 Å². The maximum absolute atomic E-state index is 14.1. The molecule has 83 heavy (non-hydrogen) atoms. The lowest BCUT2D eigenvalue weighted by atomic mass is 10.0. The quantitative estimate of drug-likeness (QED) is 0.0151. The van der Waals surface area contributed by atoms with E-state index in [1.165, 1.54) is 6.92 Å². The standard InChI is InChI=1S/C51H87ClN12O19/c1-4-6-7-8-9-10-11-12-13-16-28(66)23-36(68)56-34-26-83-51(82)39(35(67)25-52)63-49(79)40(41(71)50(80)81)64-42(72)29(5-2)57-48(78)38(27(3)65)62-45(75)32(19-22-55)59-43(73)30(17-14-15-20-53)58-46(76)33(24-37(69)70)61-44(74)31(18-21-54)60-47(34)77/h5,27-28,30-35,38-41,65-67,71H,4,6-26,53-55H2,1-3H3,(H,56,68)(H,57,78)(H,58,76)(H,59,73)(H,60,77)(H,61,74)(H,62,75)(H,63,79)(H,64,72)(H,69,70)(H,80,81)/b29-5+. The Morgan fingerprint density at radius 2 is 1.13 bits per heavy atom. The number of aliphatic hydroxyl groups is 4. The number of alkyl halides is 1. The largest absolute Gasteiger partial charge is 0.481 e. The zero-order valence-electron chi connectivity index (χ0n) is 47.2. The number of cyclic esters (lactones) is 1. The van der Waals surface area contributed by atoms with Crippen molar-refractivity contribution in [2.45, 2.75) is 203 Å². The second-order valence-electron chi connectivity index (χ2n) is 19.9. The first-order valence-corrected chi connectivity index (χ1v) is 28.2. The van der Waals surface area contributed by atoms with Gasteiger partial charge in [0.1, 0.15) is 54.6 Å². The molecule has 1 heterocycles. The third-order valence-corrected chi connectivity index (χ3v) is 13.3. The minimum Gasteiger partial charge on any atom is -0.481 e. The summed E-state index contributed by atoms with van der Waals surface area (Å²) in [5, 5.41) is 82.1. The number of carbonyl (C=O) groups is 12. The zero-order chi connectivity index (χ0) is 62.8. The van der Waals surface area contributed by atoms with Gasteiger partial charge in [0, 0.05) is 0 Å². The van der Waals surface area contributed by atoms with E-state index in [2.05, 4.69) is 44.1 Å². The Morgan fingerprint density at radius 3 is 1.64 bits per heavy atom. The zero-order valence-corrected chi connectivity index (χ0v) is 47.9.